The summed E-state index contributed by atoms with van der Waals surface area (Å²) in [6.07, 6.45) is 12.1. The van der Waals surface area contributed by atoms with E-state index in [0.29, 0.717) is 6.10 Å². The van der Waals surface area contributed by atoms with Gasteiger partial charge in [0.15, 0.2) is 0 Å². The molecule has 0 amide bonds. The molecule has 0 N–H and O–H groups in total. The van der Waals surface area contributed by atoms with Crippen LogP contribution in [0.25, 0.3) is 0 Å². The second kappa shape index (κ2) is 7.40. The number of rotatable bonds is 6. The van der Waals surface area contributed by atoms with Gasteiger partial charge in [0.1, 0.15) is 0 Å². The fourth-order valence-corrected chi connectivity index (χ4v) is 1.76. The Labute approximate surface area is 86.1 Å². The quantitative estimate of drug-likeness (QED) is 0.364. The zero-order valence-electron chi connectivity index (χ0n) is 8.18. The third-order valence-corrected chi connectivity index (χ3v) is 2.58. The average Bonchev–Trinajstić information content (AvgIpc) is 2.63. The Morgan fingerprint density at radius 3 is 2.85 bits per heavy atom. The first-order valence-corrected chi connectivity index (χ1v) is 5.79. The van der Waals surface area contributed by atoms with Crippen molar-refractivity contribution in [2.45, 2.75) is 44.6 Å². The maximum absolute atomic E-state index is 5.55. The summed E-state index contributed by atoms with van der Waals surface area (Å²) in [7, 11) is 0. The predicted molar refractivity (Wildman–Crippen MR) is 57.3 cm³/mol. The van der Waals surface area contributed by atoms with E-state index >= 15 is 0 Å². The first kappa shape index (κ1) is 11.1. The summed E-state index contributed by atoms with van der Waals surface area (Å²) in [6.45, 7) is 0.979. The molecule has 0 saturated carbocycles. The van der Waals surface area contributed by atoms with Crippen molar-refractivity contribution in [3.05, 3.63) is 12.2 Å². The number of unbranched alkanes of at least 4 members (excludes halogenated alkanes) is 1. The summed E-state index contributed by atoms with van der Waals surface area (Å²) in [6, 6.07) is 0. The highest BCUT2D eigenvalue weighted by Crippen LogP contribution is 2.17. The molecule has 0 spiro atoms. The van der Waals surface area contributed by atoms with Crippen molar-refractivity contribution in [1.82, 2.24) is 0 Å². The molecule has 1 heterocycles. The molecule has 1 aliphatic heterocycles. The van der Waals surface area contributed by atoms with Crippen molar-refractivity contribution in [2.24, 2.45) is 0 Å². The molecule has 0 bridgehead atoms. The van der Waals surface area contributed by atoms with Crippen LogP contribution < -0.4 is 0 Å². The predicted octanol–water partition coefficient (Wildman–Crippen LogP) is 3.52. The number of hydrogen-bond donors (Lipinski definition) is 0. The Kier molecular flexibility index (Phi) is 6.30. The van der Waals surface area contributed by atoms with Gasteiger partial charge in [0.25, 0.3) is 0 Å². The minimum atomic E-state index is 0.557. The zero-order chi connectivity index (χ0) is 9.36. The van der Waals surface area contributed by atoms with Gasteiger partial charge in [-0.15, -0.1) is 11.6 Å². The van der Waals surface area contributed by atoms with Gasteiger partial charge in [0, 0.05) is 12.5 Å². The highest BCUT2D eigenvalue weighted by atomic mass is 35.5. The molecule has 0 aliphatic carbocycles. The monoisotopic (exact) mass is 202 g/mol. The standard InChI is InChI=1S/C11H19ClO/c12-9-5-3-1-2-4-7-11-8-6-10-13-11/h1,3,11H,2,4-10H2. The van der Waals surface area contributed by atoms with E-state index in [-0.39, 0.29) is 0 Å². The molecular formula is C11H19ClO. The Bertz CT molecular complexity index is 139. The van der Waals surface area contributed by atoms with Crippen LogP contribution in [0.4, 0.5) is 0 Å². The van der Waals surface area contributed by atoms with E-state index in [4.69, 9.17) is 16.3 Å². The van der Waals surface area contributed by atoms with E-state index in [1.165, 1.54) is 32.1 Å². The van der Waals surface area contributed by atoms with Crippen LogP contribution in [0.1, 0.15) is 38.5 Å². The number of ether oxygens (including phenoxy) is 1. The largest absolute Gasteiger partial charge is 0.378 e. The lowest BCUT2D eigenvalue weighted by Gasteiger charge is -2.06. The number of allylic oxidation sites excluding steroid dienone is 2. The molecule has 1 atom stereocenters. The van der Waals surface area contributed by atoms with Crippen molar-refractivity contribution in [2.75, 3.05) is 12.5 Å². The van der Waals surface area contributed by atoms with Gasteiger partial charge < -0.3 is 4.74 Å². The molecule has 0 aromatic heterocycles. The Balaban J connectivity index is 1.88. The maximum atomic E-state index is 5.55. The van der Waals surface area contributed by atoms with Crippen molar-refractivity contribution in [3.8, 4) is 0 Å². The molecule has 1 nitrogen and oxygen atoms in total. The van der Waals surface area contributed by atoms with Crippen LogP contribution in [0.3, 0.4) is 0 Å². The van der Waals surface area contributed by atoms with Crippen molar-refractivity contribution < 1.29 is 4.74 Å². The zero-order valence-corrected chi connectivity index (χ0v) is 8.93. The molecule has 1 aliphatic rings. The number of hydrogen-bond acceptors (Lipinski definition) is 1. The molecule has 13 heavy (non-hydrogen) atoms. The minimum Gasteiger partial charge on any atom is -0.378 e. The van der Waals surface area contributed by atoms with E-state index in [9.17, 15) is 0 Å². The summed E-state index contributed by atoms with van der Waals surface area (Å²) < 4.78 is 5.54. The molecule has 1 unspecified atom stereocenters. The first-order chi connectivity index (χ1) is 6.43. The molecular weight excluding hydrogens is 184 g/mol. The van der Waals surface area contributed by atoms with Crippen LogP contribution in [-0.2, 0) is 4.74 Å². The van der Waals surface area contributed by atoms with Gasteiger partial charge in [-0.05, 0) is 38.5 Å². The van der Waals surface area contributed by atoms with Crippen molar-refractivity contribution in [3.63, 3.8) is 0 Å². The molecule has 1 rings (SSSR count). The summed E-state index contributed by atoms with van der Waals surface area (Å²) in [5, 5.41) is 0. The molecule has 0 aromatic carbocycles. The first-order valence-electron chi connectivity index (χ1n) is 5.26. The molecule has 0 aromatic rings. The van der Waals surface area contributed by atoms with Crippen LogP contribution in [0.15, 0.2) is 12.2 Å². The Morgan fingerprint density at radius 1 is 1.31 bits per heavy atom. The lowest BCUT2D eigenvalue weighted by atomic mass is 10.1. The summed E-state index contributed by atoms with van der Waals surface area (Å²) in [4.78, 5) is 0. The Morgan fingerprint density at radius 2 is 2.15 bits per heavy atom. The number of alkyl halides is 1. The Hall–Kier alpha value is -0.0100. The van der Waals surface area contributed by atoms with Gasteiger partial charge in [0.2, 0.25) is 0 Å². The molecule has 1 fully saturated rings. The second-order valence-corrected chi connectivity index (χ2v) is 3.89. The van der Waals surface area contributed by atoms with Gasteiger partial charge in [-0.25, -0.2) is 0 Å². The third kappa shape index (κ3) is 5.33. The summed E-state index contributed by atoms with van der Waals surface area (Å²) in [5.74, 6) is 0.738. The highest BCUT2D eigenvalue weighted by Gasteiger charge is 2.13. The summed E-state index contributed by atoms with van der Waals surface area (Å²) >= 11 is 5.55. The number of halogens is 1. The van der Waals surface area contributed by atoms with E-state index in [1.54, 1.807) is 0 Å². The fourth-order valence-electron chi connectivity index (χ4n) is 1.63. The smallest absolute Gasteiger partial charge is 0.0576 e. The van der Waals surface area contributed by atoms with E-state index in [1.807, 2.05) is 0 Å². The highest BCUT2D eigenvalue weighted by molar-refractivity contribution is 6.17. The van der Waals surface area contributed by atoms with E-state index in [0.717, 1.165) is 18.9 Å². The molecule has 1 saturated heterocycles. The molecule has 76 valence electrons. The van der Waals surface area contributed by atoms with E-state index < -0.39 is 0 Å². The normalized spacial score (nSPS) is 23.0. The fraction of sp³-hybridized carbons (Fsp3) is 0.818. The summed E-state index contributed by atoms with van der Waals surface area (Å²) in [5.41, 5.74) is 0. The van der Waals surface area contributed by atoms with Crippen LogP contribution >= 0.6 is 11.6 Å². The minimum absolute atomic E-state index is 0.557. The van der Waals surface area contributed by atoms with Gasteiger partial charge in [-0.3, -0.25) is 0 Å². The van der Waals surface area contributed by atoms with Gasteiger partial charge >= 0.3 is 0 Å². The lowest BCUT2D eigenvalue weighted by Crippen LogP contribution is -2.03. The van der Waals surface area contributed by atoms with Gasteiger partial charge in [-0.1, -0.05) is 12.2 Å². The van der Waals surface area contributed by atoms with Crippen LogP contribution in [0.5, 0.6) is 0 Å². The third-order valence-electron chi connectivity index (χ3n) is 2.36. The van der Waals surface area contributed by atoms with Crippen LogP contribution in [0.2, 0.25) is 0 Å². The van der Waals surface area contributed by atoms with Gasteiger partial charge in [-0.2, -0.15) is 0 Å². The van der Waals surface area contributed by atoms with Crippen molar-refractivity contribution >= 4 is 11.6 Å². The van der Waals surface area contributed by atoms with Gasteiger partial charge in [0.05, 0.1) is 6.10 Å². The SMILES string of the molecule is ClCCC=CCCCC1CCCO1. The molecule has 2 heteroatoms. The second-order valence-electron chi connectivity index (χ2n) is 3.51. The van der Waals surface area contributed by atoms with Crippen LogP contribution in [-0.4, -0.2) is 18.6 Å². The average molecular weight is 203 g/mol. The topological polar surface area (TPSA) is 9.23 Å². The maximum Gasteiger partial charge on any atom is 0.0576 e. The lowest BCUT2D eigenvalue weighted by molar-refractivity contribution is 0.103. The van der Waals surface area contributed by atoms with E-state index in [2.05, 4.69) is 12.2 Å². The molecule has 0 radical (unpaired) electrons. The van der Waals surface area contributed by atoms with Crippen LogP contribution in [0, 0.1) is 0 Å². The van der Waals surface area contributed by atoms with Crippen molar-refractivity contribution in [1.29, 1.82) is 0 Å².